The van der Waals surface area contributed by atoms with E-state index in [9.17, 15) is 4.79 Å². The largest absolute Gasteiger partial charge is 0.479 e. The predicted molar refractivity (Wildman–Crippen MR) is 87.9 cm³/mol. The summed E-state index contributed by atoms with van der Waals surface area (Å²) in [6.07, 6.45) is 4.09. The van der Waals surface area contributed by atoms with Gasteiger partial charge in [-0.15, -0.1) is 0 Å². The number of benzene rings is 1. The standard InChI is InChI=1S/C17H26ClNO2/c1-4-6-9-14(5-2)12-19-17(20)13(3)21-16-11-8-7-10-15(16)18/h7-8,10-11,13-14H,4-6,9,12H2,1-3H3,(H,19,20)/t13-,14-/m1/s1. The van der Waals surface area contributed by atoms with Gasteiger partial charge in [0.05, 0.1) is 5.02 Å². The molecule has 0 heterocycles. The van der Waals surface area contributed by atoms with Crippen LogP contribution in [0.15, 0.2) is 24.3 Å². The molecule has 0 spiro atoms. The smallest absolute Gasteiger partial charge is 0.260 e. The SMILES string of the molecule is CCCC[C@@H](CC)CNC(=O)[C@@H](C)Oc1ccccc1Cl. The van der Waals surface area contributed by atoms with Crippen molar-refractivity contribution < 1.29 is 9.53 Å². The molecule has 0 unspecified atom stereocenters. The summed E-state index contributed by atoms with van der Waals surface area (Å²) in [5.74, 6) is 0.992. The molecule has 0 aliphatic heterocycles. The molecule has 0 saturated heterocycles. The van der Waals surface area contributed by atoms with E-state index >= 15 is 0 Å². The molecule has 0 fully saturated rings. The molecule has 0 bridgehead atoms. The van der Waals surface area contributed by atoms with Crippen LogP contribution in [-0.2, 0) is 4.79 Å². The first-order chi connectivity index (χ1) is 10.1. The van der Waals surface area contributed by atoms with E-state index in [1.165, 1.54) is 12.8 Å². The van der Waals surface area contributed by atoms with Crippen molar-refractivity contribution in [3.8, 4) is 5.75 Å². The van der Waals surface area contributed by atoms with E-state index in [2.05, 4.69) is 19.2 Å². The number of unbranched alkanes of at least 4 members (excludes halogenated alkanes) is 1. The Hall–Kier alpha value is -1.22. The number of rotatable bonds is 9. The second kappa shape index (κ2) is 9.67. The number of ether oxygens (including phenoxy) is 1. The molecule has 118 valence electrons. The number of hydrogen-bond donors (Lipinski definition) is 1. The normalized spacial score (nSPS) is 13.5. The summed E-state index contributed by atoms with van der Waals surface area (Å²) >= 11 is 6.02. The highest BCUT2D eigenvalue weighted by Crippen LogP contribution is 2.24. The Morgan fingerprint density at radius 1 is 1.33 bits per heavy atom. The van der Waals surface area contributed by atoms with Crippen molar-refractivity contribution in [2.75, 3.05) is 6.54 Å². The van der Waals surface area contributed by atoms with Gasteiger partial charge in [0.1, 0.15) is 5.75 Å². The fraction of sp³-hybridized carbons (Fsp3) is 0.588. The van der Waals surface area contributed by atoms with Gasteiger partial charge < -0.3 is 10.1 Å². The molecule has 1 aromatic carbocycles. The van der Waals surface area contributed by atoms with Crippen LogP contribution in [0.3, 0.4) is 0 Å². The van der Waals surface area contributed by atoms with Gasteiger partial charge in [-0.25, -0.2) is 0 Å². The summed E-state index contributed by atoms with van der Waals surface area (Å²) in [5.41, 5.74) is 0. The zero-order valence-electron chi connectivity index (χ0n) is 13.2. The lowest BCUT2D eigenvalue weighted by Crippen LogP contribution is -2.38. The summed E-state index contributed by atoms with van der Waals surface area (Å²) in [4.78, 5) is 12.1. The zero-order valence-corrected chi connectivity index (χ0v) is 14.0. The second-order valence-electron chi connectivity index (χ2n) is 5.35. The molecule has 4 heteroatoms. The van der Waals surface area contributed by atoms with Gasteiger partial charge >= 0.3 is 0 Å². The third-order valence-electron chi connectivity index (χ3n) is 3.62. The van der Waals surface area contributed by atoms with Crippen LogP contribution in [0.25, 0.3) is 0 Å². The molecule has 1 rings (SSSR count). The summed E-state index contributed by atoms with van der Waals surface area (Å²) in [6, 6.07) is 7.19. The average molecular weight is 312 g/mol. The van der Waals surface area contributed by atoms with Crippen LogP contribution in [-0.4, -0.2) is 18.6 Å². The van der Waals surface area contributed by atoms with Crippen LogP contribution in [0.2, 0.25) is 5.02 Å². The van der Waals surface area contributed by atoms with E-state index in [0.29, 0.717) is 23.2 Å². The van der Waals surface area contributed by atoms with Gasteiger partial charge in [0.15, 0.2) is 6.10 Å². The summed E-state index contributed by atoms with van der Waals surface area (Å²) in [7, 11) is 0. The molecule has 21 heavy (non-hydrogen) atoms. The van der Waals surface area contributed by atoms with E-state index < -0.39 is 6.10 Å². The van der Waals surface area contributed by atoms with Gasteiger partial charge in [-0.1, -0.05) is 56.8 Å². The molecule has 0 saturated carbocycles. The fourth-order valence-corrected chi connectivity index (χ4v) is 2.30. The Bertz CT molecular complexity index is 437. The minimum absolute atomic E-state index is 0.0927. The molecule has 3 nitrogen and oxygen atoms in total. The number of para-hydroxylation sites is 1. The third kappa shape index (κ3) is 6.38. The first-order valence-electron chi connectivity index (χ1n) is 7.77. The van der Waals surface area contributed by atoms with Crippen molar-refractivity contribution in [1.29, 1.82) is 0 Å². The molecular formula is C17H26ClNO2. The first kappa shape index (κ1) is 17.8. The molecular weight excluding hydrogens is 286 g/mol. The number of amides is 1. The molecule has 0 aliphatic rings. The van der Waals surface area contributed by atoms with Gasteiger partial charge in [0.25, 0.3) is 5.91 Å². The number of halogens is 1. The van der Waals surface area contributed by atoms with E-state index in [-0.39, 0.29) is 5.91 Å². The lowest BCUT2D eigenvalue weighted by molar-refractivity contribution is -0.127. The highest BCUT2D eigenvalue weighted by molar-refractivity contribution is 6.32. The maximum absolute atomic E-state index is 12.1. The average Bonchev–Trinajstić information content (AvgIpc) is 2.49. The van der Waals surface area contributed by atoms with Crippen LogP contribution < -0.4 is 10.1 Å². The molecule has 2 atom stereocenters. The van der Waals surface area contributed by atoms with Gasteiger partial charge in [-0.05, 0) is 31.4 Å². The minimum Gasteiger partial charge on any atom is -0.479 e. The number of carbonyl (C=O) groups excluding carboxylic acids is 1. The van der Waals surface area contributed by atoms with Gasteiger partial charge in [-0.2, -0.15) is 0 Å². The van der Waals surface area contributed by atoms with Gasteiger partial charge in [-0.3, -0.25) is 4.79 Å². The number of carbonyl (C=O) groups is 1. The second-order valence-corrected chi connectivity index (χ2v) is 5.76. The van der Waals surface area contributed by atoms with E-state index in [4.69, 9.17) is 16.3 Å². The lowest BCUT2D eigenvalue weighted by atomic mass is 9.99. The summed E-state index contributed by atoms with van der Waals surface area (Å²) < 4.78 is 5.61. The molecule has 1 aromatic rings. The monoisotopic (exact) mass is 311 g/mol. The van der Waals surface area contributed by atoms with Crippen molar-refractivity contribution in [3.05, 3.63) is 29.3 Å². The maximum atomic E-state index is 12.1. The highest BCUT2D eigenvalue weighted by Gasteiger charge is 2.17. The van der Waals surface area contributed by atoms with Crippen molar-refractivity contribution >= 4 is 17.5 Å². The highest BCUT2D eigenvalue weighted by atomic mass is 35.5. The van der Waals surface area contributed by atoms with E-state index in [1.54, 1.807) is 19.1 Å². The van der Waals surface area contributed by atoms with Crippen LogP contribution in [0.4, 0.5) is 0 Å². The molecule has 1 amide bonds. The van der Waals surface area contributed by atoms with Crippen molar-refractivity contribution in [1.82, 2.24) is 5.32 Å². The molecule has 1 N–H and O–H groups in total. The molecule has 0 radical (unpaired) electrons. The summed E-state index contributed by atoms with van der Waals surface area (Å²) in [6.45, 7) is 6.80. The Morgan fingerprint density at radius 2 is 2.05 bits per heavy atom. The Kier molecular flexibility index (Phi) is 8.21. The quantitative estimate of drug-likeness (QED) is 0.732. The van der Waals surface area contributed by atoms with Gasteiger partial charge in [0, 0.05) is 6.54 Å². The number of hydrogen-bond acceptors (Lipinski definition) is 2. The summed E-state index contributed by atoms with van der Waals surface area (Å²) in [5, 5.41) is 3.49. The maximum Gasteiger partial charge on any atom is 0.260 e. The van der Waals surface area contributed by atoms with Crippen LogP contribution in [0, 0.1) is 5.92 Å². The van der Waals surface area contributed by atoms with Crippen LogP contribution in [0.1, 0.15) is 46.5 Å². The zero-order chi connectivity index (χ0) is 15.7. The Balaban J connectivity index is 2.42. The third-order valence-corrected chi connectivity index (χ3v) is 3.93. The first-order valence-corrected chi connectivity index (χ1v) is 8.15. The lowest BCUT2D eigenvalue weighted by Gasteiger charge is -2.19. The Labute approximate surface area is 133 Å². The Morgan fingerprint density at radius 3 is 2.67 bits per heavy atom. The van der Waals surface area contributed by atoms with E-state index in [0.717, 1.165) is 12.8 Å². The van der Waals surface area contributed by atoms with Crippen molar-refractivity contribution in [3.63, 3.8) is 0 Å². The van der Waals surface area contributed by atoms with Crippen LogP contribution in [0.5, 0.6) is 5.75 Å². The number of nitrogens with one attached hydrogen (secondary N) is 1. The molecule has 0 aliphatic carbocycles. The fourth-order valence-electron chi connectivity index (χ4n) is 2.12. The molecule has 0 aromatic heterocycles. The van der Waals surface area contributed by atoms with Crippen LogP contribution >= 0.6 is 11.6 Å². The van der Waals surface area contributed by atoms with Crippen molar-refractivity contribution in [2.45, 2.75) is 52.6 Å². The van der Waals surface area contributed by atoms with E-state index in [1.807, 2.05) is 12.1 Å². The minimum atomic E-state index is -0.548. The van der Waals surface area contributed by atoms with Gasteiger partial charge in [0.2, 0.25) is 0 Å². The van der Waals surface area contributed by atoms with Crippen molar-refractivity contribution in [2.24, 2.45) is 5.92 Å². The predicted octanol–water partition coefficient (Wildman–Crippen LogP) is 4.44. The topological polar surface area (TPSA) is 38.3 Å².